The predicted molar refractivity (Wildman–Crippen MR) is 80.3 cm³/mol. The molecular formula is C14H19N5O2. The Morgan fingerprint density at radius 1 is 1.29 bits per heavy atom. The molecule has 2 aromatic rings. The molecule has 0 bridgehead atoms. The summed E-state index contributed by atoms with van der Waals surface area (Å²) in [6.07, 6.45) is 3.11. The molecule has 3 N–H and O–H groups in total. The molecule has 0 fully saturated rings. The summed E-state index contributed by atoms with van der Waals surface area (Å²) in [5, 5.41) is 3.15. The second-order valence-electron chi connectivity index (χ2n) is 4.67. The van der Waals surface area contributed by atoms with Crippen molar-refractivity contribution in [2.24, 2.45) is 0 Å². The Kier molecular flexibility index (Phi) is 4.76. The van der Waals surface area contributed by atoms with Crippen LogP contribution in [0.15, 0.2) is 24.7 Å². The summed E-state index contributed by atoms with van der Waals surface area (Å²) in [7, 11) is 1.58. The average Bonchev–Trinajstić information content (AvgIpc) is 2.48. The molecule has 0 saturated carbocycles. The Morgan fingerprint density at radius 3 is 2.81 bits per heavy atom. The molecule has 0 aliphatic carbocycles. The zero-order valence-electron chi connectivity index (χ0n) is 12.3. The van der Waals surface area contributed by atoms with Crippen LogP contribution in [0.1, 0.15) is 19.4 Å². The Labute approximate surface area is 123 Å². The highest BCUT2D eigenvalue weighted by molar-refractivity contribution is 5.66. The highest BCUT2D eigenvalue weighted by Gasteiger charge is 2.10. The van der Waals surface area contributed by atoms with Gasteiger partial charge in [0.25, 0.3) is 0 Å². The van der Waals surface area contributed by atoms with Crippen molar-refractivity contribution in [2.75, 3.05) is 18.2 Å². The lowest BCUT2D eigenvalue weighted by Crippen LogP contribution is -2.12. The number of rotatable bonds is 6. The first-order chi connectivity index (χ1) is 10.1. The van der Waals surface area contributed by atoms with Crippen LogP contribution in [0.25, 0.3) is 0 Å². The zero-order chi connectivity index (χ0) is 15.2. The topological polar surface area (TPSA) is 95.2 Å². The largest absolute Gasteiger partial charge is 0.481 e. The second-order valence-corrected chi connectivity index (χ2v) is 4.67. The molecule has 112 valence electrons. The van der Waals surface area contributed by atoms with Crippen molar-refractivity contribution in [2.45, 2.75) is 26.5 Å². The monoisotopic (exact) mass is 289 g/mol. The summed E-state index contributed by atoms with van der Waals surface area (Å²) in [6, 6.07) is 3.73. The van der Waals surface area contributed by atoms with Crippen LogP contribution < -0.4 is 20.5 Å². The summed E-state index contributed by atoms with van der Waals surface area (Å²) in [4.78, 5) is 12.2. The summed E-state index contributed by atoms with van der Waals surface area (Å²) in [5.74, 6) is 1.49. The van der Waals surface area contributed by atoms with Gasteiger partial charge in [-0.25, -0.2) is 9.97 Å². The normalized spacial score (nSPS) is 10.5. The van der Waals surface area contributed by atoms with Gasteiger partial charge in [-0.15, -0.1) is 0 Å². The highest BCUT2D eigenvalue weighted by atomic mass is 16.5. The van der Waals surface area contributed by atoms with E-state index >= 15 is 0 Å². The molecule has 7 heteroatoms. The first kappa shape index (κ1) is 14.8. The van der Waals surface area contributed by atoms with E-state index in [9.17, 15) is 0 Å². The molecule has 21 heavy (non-hydrogen) atoms. The van der Waals surface area contributed by atoms with E-state index in [1.165, 1.54) is 6.33 Å². The smallest absolute Gasteiger partial charge is 0.242 e. The number of hydrogen-bond donors (Lipinski definition) is 2. The van der Waals surface area contributed by atoms with E-state index in [1.54, 1.807) is 13.3 Å². The van der Waals surface area contributed by atoms with Crippen molar-refractivity contribution in [3.05, 3.63) is 30.2 Å². The van der Waals surface area contributed by atoms with E-state index in [0.29, 0.717) is 29.8 Å². The molecule has 0 aliphatic heterocycles. The SMILES string of the molecule is COc1cc(CNc2ncnc(OC(C)C)c2N)ccn1. The van der Waals surface area contributed by atoms with Crippen molar-refractivity contribution < 1.29 is 9.47 Å². The van der Waals surface area contributed by atoms with E-state index in [-0.39, 0.29) is 6.10 Å². The minimum Gasteiger partial charge on any atom is -0.481 e. The van der Waals surface area contributed by atoms with Gasteiger partial charge in [0.2, 0.25) is 11.8 Å². The van der Waals surface area contributed by atoms with E-state index in [2.05, 4.69) is 20.3 Å². The van der Waals surface area contributed by atoms with Crippen molar-refractivity contribution in [3.63, 3.8) is 0 Å². The van der Waals surface area contributed by atoms with Gasteiger partial charge in [-0.2, -0.15) is 4.98 Å². The number of aromatic nitrogens is 3. The average molecular weight is 289 g/mol. The molecule has 2 heterocycles. The predicted octanol–water partition coefficient (Wildman–Crippen LogP) is 1.86. The minimum absolute atomic E-state index is 0.000455. The number of hydrogen-bond acceptors (Lipinski definition) is 7. The number of nitrogens with zero attached hydrogens (tertiary/aromatic N) is 3. The van der Waals surface area contributed by atoms with Gasteiger partial charge in [-0.1, -0.05) is 0 Å². The van der Waals surface area contributed by atoms with Gasteiger partial charge in [-0.05, 0) is 25.5 Å². The van der Waals surface area contributed by atoms with Gasteiger partial charge in [0, 0.05) is 18.8 Å². The lowest BCUT2D eigenvalue weighted by Gasteiger charge is -2.13. The number of ether oxygens (including phenoxy) is 2. The van der Waals surface area contributed by atoms with Crippen LogP contribution in [0.2, 0.25) is 0 Å². The third-order valence-electron chi connectivity index (χ3n) is 2.66. The fourth-order valence-corrected chi connectivity index (χ4v) is 1.70. The second kappa shape index (κ2) is 6.74. The van der Waals surface area contributed by atoms with Crippen LogP contribution in [0.5, 0.6) is 11.8 Å². The van der Waals surface area contributed by atoms with Gasteiger partial charge in [0.05, 0.1) is 13.2 Å². The third kappa shape index (κ3) is 3.95. The number of nitrogen functional groups attached to an aromatic ring is 1. The molecule has 0 aromatic carbocycles. The molecule has 0 radical (unpaired) electrons. The number of anilines is 2. The van der Waals surface area contributed by atoms with Crippen LogP contribution >= 0.6 is 0 Å². The quantitative estimate of drug-likeness (QED) is 0.838. The highest BCUT2D eigenvalue weighted by Crippen LogP contribution is 2.25. The molecular weight excluding hydrogens is 270 g/mol. The maximum atomic E-state index is 6.00. The number of nitrogens with one attached hydrogen (secondary N) is 1. The standard InChI is InChI=1S/C14H19N5O2/c1-9(2)21-14-12(15)13(18-8-19-14)17-7-10-4-5-16-11(6-10)20-3/h4-6,8-9H,7,15H2,1-3H3,(H,17,18,19). The maximum absolute atomic E-state index is 6.00. The summed E-state index contributed by atoms with van der Waals surface area (Å²) in [5.41, 5.74) is 7.40. The lowest BCUT2D eigenvalue weighted by molar-refractivity contribution is 0.234. The van der Waals surface area contributed by atoms with Gasteiger partial charge in [-0.3, -0.25) is 0 Å². The van der Waals surface area contributed by atoms with Crippen molar-refractivity contribution in [3.8, 4) is 11.8 Å². The van der Waals surface area contributed by atoms with Gasteiger partial charge in [0.1, 0.15) is 12.0 Å². The first-order valence-corrected chi connectivity index (χ1v) is 6.60. The maximum Gasteiger partial charge on any atom is 0.242 e. The van der Waals surface area contributed by atoms with Crippen LogP contribution in [0, 0.1) is 0 Å². The van der Waals surface area contributed by atoms with Crippen LogP contribution in [-0.4, -0.2) is 28.2 Å². The molecule has 0 amide bonds. The lowest BCUT2D eigenvalue weighted by atomic mass is 10.2. The van der Waals surface area contributed by atoms with Gasteiger partial charge in [0.15, 0.2) is 5.82 Å². The number of methoxy groups -OCH3 is 1. The molecule has 0 spiro atoms. The summed E-state index contributed by atoms with van der Waals surface area (Å²) in [6.45, 7) is 4.37. The van der Waals surface area contributed by atoms with Crippen LogP contribution in [-0.2, 0) is 6.54 Å². The fraction of sp³-hybridized carbons (Fsp3) is 0.357. The number of nitrogens with two attached hydrogens (primary N) is 1. The van der Waals surface area contributed by atoms with Crippen LogP contribution in [0.3, 0.4) is 0 Å². The third-order valence-corrected chi connectivity index (χ3v) is 2.66. The summed E-state index contributed by atoms with van der Waals surface area (Å²) >= 11 is 0. The molecule has 0 saturated heterocycles. The Hall–Kier alpha value is -2.57. The summed E-state index contributed by atoms with van der Waals surface area (Å²) < 4.78 is 10.6. The molecule has 7 nitrogen and oxygen atoms in total. The fourth-order valence-electron chi connectivity index (χ4n) is 1.70. The molecule has 2 aromatic heterocycles. The Balaban J connectivity index is 2.09. The van der Waals surface area contributed by atoms with E-state index in [1.807, 2.05) is 26.0 Å². The molecule has 2 rings (SSSR count). The molecule has 0 aliphatic rings. The molecule has 0 atom stereocenters. The van der Waals surface area contributed by atoms with E-state index < -0.39 is 0 Å². The van der Waals surface area contributed by atoms with Gasteiger partial charge >= 0.3 is 0 Å². The van der Waals surface area contributed by atoms with Crippen molar-refractivity contribution in [1.29, 1.82) is 0 Å². The first-order valence-electron chi connectivity index (χ1n) is 6.60. The Bertz CT molecular complexity index is 604. The number of pyridine rings is 1. The van der Waals surface area contributed by atoms with Crippen LogP contribution in [0.4, 0.5) is 11.5 Å². The zero-order valence-corrected chi connectivity index (χ0v) is 12.3. The Morgan fingerprint density at radius 2 is 2.10 bits per heavy atom. The van der Waals surface area contributed by atoms with Crippen molar-refractivity contribution in [1.82, 2.24) is 15.0 Å². The van der Waals surface area contributed by atoms with Crippen molar-refractivity contribution >= 4 is 11.5 Å². The van der Waals surface area contributed by atoms with E-state index in [0.717, 1.165) is 5.56 Å². The molecule has 0 unspecified atom stereocenters. The minimum atomic E-state index is -0.000455. The van der Waals surface area contributed by atoms with Gasteiger partial charge < -0.3 is 20.5 Å². The van der Waals surface area contributed by atoms with E-state index in [4.69, 9.17) is 15.2 Å².